The highest BCUT2D eigenvalue weighted by Crippen LogP contribution is 2.35. The first kappa shape index (κ1) is 11.8. The fourth-order valence-corrected chi connectivity index (χ4v) is 2.29. The first-order chi connectivity index (χ1) is 7.70. The van der Waals surface area contributed by atoms with Crippen LogP contribution in [0.25, 0.3) is 0 Å². The molecule has 1 fully saturated rings. The van der Waals surface area contributed by atoms with Crippen LogP contribution in [0.15, 0.2) is 18.2 Å². The molecule has 1 aromatic carbocycles. The van der Waals surface area contributed by atoms with E-state index in [1.807, 2.05) is 0 Å². The van der Waals surface area contributed by atoms with E-state index in [1.54, 1.807) is 12.1 Å². The lowest BCUT2D eigenvalue weighted by molar-refractivity contribution is 0.259. The number of hydrogen-bond acceptors (Lipinski definition) is 2. The molecule has 0 spiro atoms. The fraction of sp³-hybridized carbons (Fsp3) is 0.500. The molecule has 0 amide bonds. The van der Waals surface area contributed by atoms with Crippen molar-refractivity contribution >= 4 is 11.6 Å². The van der Waals surface area contributed by atoms with E-state index in [1.165, 1.54) is 25.3 Å². The average molecular weight is 243 g/mol. The van der Waals surface area contributed by atoms with Crippen LogP contribution in [0.5, 0.6) is 0 Å². The van der Waals surface area contributed by atoms with Crippen LogP contribution in [0.2, 0.25) is 5.02 Å². The van der Waals surface area contributed by atoms with Gasteiger partial charge in [0.2, 0.25) is 0 Å². The highest BCUT2D eigenvalue weighted by molar-refractivity contribution is 6.30. The van der Waals surface area contributed by atoms with Gasteiger partial charge in [-0.25, -0.2) is 4.39 Å². The predicted octanol–water partition coefficient (Wildman–Crippen LogP) is 3.17. The third kappa shape index (κ3) is 2.54. The molecule has 0 heterocycles. The Morgan fingerprint density at radius 1 is 1.50 bits per heavy atom. The Kier molecular flexibility index (Phi) is 3.79. The molecule has 88 valence electrons. The molecule has 2 rings (SSSR count). The van der Waals surface area contributed by atoms with E-state index >= 15 is 0 Å². The molecule has 0 aliphatic heterocycles. The van der Waals surface area contributed by atoms with Gasteiger partial charge in [0.05, 0.1) is 0 Å². The van der Waals surface area contributed by atoms with E-state index in [0.717, 1.165) is 6.42 Å². The zero-order valence-corrected chi connectivity index (χ0v) is 9.80. The molecule has 1 aromatic rings. The second-order valence-electron chi connectivity index (χ2n) is 4.42. The minimum atomic E-state index is -0.283. The quantitative estimate of drug-likeness (QED) is 0.629. The van der Waals surface area contributed by atoms with E-state index in [0.29, 0.717) is 16.5 Å². The van der Waals surface area contributed by atoms with E-state index in [2.05, 4.69) is 5.43 Å². The Hall–Kier alpha value is -0.640. The Bertz CT molecular complexity index is 366. The molecule has 0 saturated heterocycles. The summed E-state index contributed by atoms with van der Waals surface area (Å²) in [6.07, 6.45) is 4.64. The Morgan fingerprint density at radius 3 is 2.75 bits per heavy atom. The van der Waals surface area contributed by atoms with Crippen LogP contribution in [0.1, 0.15) is 37.3 Å². The topological polar surface area (TPSA) is 38.0 Å². The molecule has 3 N–H and O–H groups in total. The van der Waals surface area contributed by atoms with E-state index in [9.17, 15) is 4.39 Å². The van der Waals surface area contributed by atoms with Crippen LogP contribution >= 0.6 is 11.6 Å². The highest BCUT2D eigenvalue weighted by atomic mass is 35.5. The molecule has 1 unspecified atom stereocenters. The summed E-state index contributed by atoms with van der Waals surface area (Å²) in [5.74, 6) is 5.88. The second kappa shape index (κ2) is 5.13. The minimum Gasteiger partial charge on any atom is -0.271 e. The number of hydrogen-bond donors (Lipinski definition) is 2. The zero-order chi connectivity index (χ0) is 11.5. The number of halogens is 2. The van der Waals surface area contributed by atoms with Gasteiger partial charge < -0.3 is 0 Å². The van der Waals surface area contributed by atoms with Crippen molar-refractivity contribution in [1.29, 1.82) is 0 Å². The number of hydrazine groups is 1. The van der Waals surface area contributed by atoms with Gasteiger partial charge in [0.15, 0.2) is 0 Å². The maximum Gasteiger partial charge on any atom is 0.129 e. The van der Waals surface area contributed by atoms with Crippen LogP contribution in [0, 0.1) is 11.7 Å². The first-order valence-corrected chi connectivity index (χ1v) is 5.99. The summed E-state index contributed by atoms with van der Waals surface area (Å²) < 4.78 is 13.7. The molecule has 16 heavy (non-hydrogen) atoms. The maximum absolute atomic E-state index is 13.7. The van der Waals surface area contributed by atoms with Gasteiger partial charge in [0, 0.05) is 16.6 Å². The summed E-state index contributed by atoms with van der Waals surface area (Å²) in [7, 11) is 0. The lowest BCUT2D eigenvalue weighted by Gasteiger charge is -2.29. The van der Waals surface area contributed by atoms with Crippen molar-refractivity contribution < 1.29 is 4.39 Å². The molecule has 1 saturated carbocycles. The predicted molar refractivity (Wildman–Crippen MR) is 63.4 cm³/mol. The summed E-state index contributed by atoms with van der Waals surface area (Å²) in [4.78, 5) is 0. The SMILES string of the molecule is NNC(CC1CCC1)c1ccc(Cl)cc1F. The lowest BCUT2D eigenvalue weighted by atomic mass is 9.79. The van der Waals surface area contributed by atoms with Crippen LogP contribution in [-0.4, -0.2) is 0 Å². The Balaban J connectivity index is 2.11. The summed E-state index contributed by atoms with van der Waals surface area (Å²) in [6, 6.07) is 4.64. The lowest BCUT2D eigenvalue weighted by Crippen LogP contribution is -2.31. The molecular formula is C12H16ClFN2. The molecule has 0 bridgehead atoms. The van der Waals surface area contributed by atoms with Gasteiger partial charge in [-0.15, -0.1) is 0 Å². The van der Waals surface area contributed by atoms with Crippen molar-refractivity contribution in [3.8, 4) is 0 Å². The summed E-state index contributed by atoms with van der Waals surface area (Å²) in [5.41, 5.74) is 3.30. The van der Waals surface area contributed by atoms with Crippen molar-refractivity contribution in [3.63, 3.8) is 0 Å². The average Bonchev–Trinajstić information content (AvgIpc) is 2.18. The molecule has 1 atom stereocenters. The highest BCUT2D eigenvalue weighted by Gasteiger charge is 2.24. The number of nitrogens with one attached hydrogen (secondary N) is 1. The molecule has 1 aliphatic rings. The van der Waals surface area contributed by atoms with Gasteiger partial charge in [0.25, 0.3) is 0 Å². The van der Waals surface area contributed by atoms with Crippen molar-refractivity contribution in [2.45, 2.75) is 31.7 Å². The van der Waals surface area contributed by atoms with Gasteiger partial charge >= 0.3 is 0 Å². The molecule has 1 aliphatic carbocycles. The van der Waals surface area contributed by atoms with Gasteiger partial charge in [-0.05, 0) is 24.5 Å². The Morgan fingerprint density at radius 2 is 2.25 bits per heavy atom. The summed E-state index contributed by atoms with van der Waals surface area (Å²) in [5, 5.41) is 0.417. The van der Waals surface area contributed by atoms with E-state index in [-0.39, 0.29) is 11.9 Å². The van der Waals surface area contributed by atoms with Gasteiger partial charge in [-0.1, -0.05) is 36.9 Å². The maximum atomic E-state index is 13.7. The third-order valence-corrected chi connectivity index (χ3v) is 3.57. The van der Waals surface area contributed by atoms with Crippen molar-refractivity contribution in [3.05, 3.63) is 34.6 Å². The van der Waals surface area contributed by atoms with Crippen molar-refractivity contribution in [1.82, 2.24) is 5.43 Å². The van der Waals surface area contributed by atoms with Crippen LogP contribution in [0.4, 0.5) is 4.39 Å². The number of benzene rings is 1. The molecule has 0 radical (unpaired) electrons. The monoisotopic (exact) mass is 242 g/mol. The van der Waals surface area contributed by atoms with Crippen molar-refractivity contribution in [2.75, 3.05) is 0 Å². The van der Waals surface area contributed by atoms with E-state index < -0.39 is 0 Å². The van der Waals surface area contributed by atoms with Crippen LogP contribution in [0.3, 0.4) is 0 Å². The fourth-order valence-electron chi connectivity index (χ4n) is 2.13. The third-order valence-electron chi connectivity index (χ3n) is 3.33. The minimum absolute atomic E-state index is 0.109. The van der Waals surface area contributed by atoms with Crippen LogP contribution < -0.4 is 11.3 Å². The smallest absolute Gasteiger partial charge is 0.129 e. The summed E-state index contributed by atoms with van der Waals surface area (Å²) in [6.45, 7) is 0. The molecule has 2 nitrogen and oxygen atoms in total. The molecule has 0 aromatic heterocycles. The molecular weight excluding hydrogens is 227 g/mol. The van der Waals surface area contributed by atoms with Crippen molar-refractivity contribution in [2.24, 2.45) is 11.8 Å². The largest absolute Gasteiger partial charge is 0.271 e. The number of rotatable bonds is 4. The van der Waals surface area contributed by atoms with Crippen LogP contribution in [-0.2, 0) is 0 Å². The Labute approximate surface area is 99.9 Å². The first-order valence-electron chi connectivity index (χ1n) is 5.62. The second-order valence-corrected chi connectivity index (χ2v) is 4.85. The van der Waals surface area contributed by atoms with Gasteiger partial charge in [0.1, 0.15) is 5.82 Å². The van der Waals surface area contributed by atoms with Gasteiger partial charge in [-0.3, -0.25) is 11.3 Å². The zero-order valence-electron chi connectivity index (χ0n) is 9.05. The van der Waals surface area contributed by atoms with Gasteiger partial charge in [-0.2, -0.15) is 0 Å². The molecule has 4 heteroatoms. The summed E-state index contributed by atoms with van der Waals surface area (Å²) >= 11 is 5.72. The number of nitrogens with two attached hydrogens (primary N) is 1. The van der Waals surface area contributed by atoms with E-state index in [4.69, 9.17) is 17.4 Å². The normalized spacial score (nSPS) is 18.2. The standard InChI is InChI=1S/C12H16ClFN2/c13-9-4-5-10(11(14)7-9)12(16-15)6-8-2-1-3-8/h4-5,7-8,12,16H,1-3,6,15H2.